The highest BCUT2D eigenvalue weighted by Crippen LogP contribution is 2.19. The maximum absolute atomic E-state index is 11.9. The van der Waals surface area contributed by atoms with Gasteiger partial charge in [-0.25, -0.2) is 0 Å². The third-order valence-electron chi connectivity index (χ3n) is 2.82. The molecular weight excluding hydrogens is 228 g/mol. The molecule has 1 atom stereocenters. The molecule has 0 radical (unpaired) electrons. The number of hydrogen-bond acceptors (Lipinski definition) is 3. The summed E-state index contributed by atoms with van der Waals surface area (Å²) in [5, 5.41) is 4.21. The fourth-order valence-corrected chi connectivity index (χ4v) is 1.90. The molecule has 0 spiro atoms. The van der Waals surface area contributed by atoms with Gasteiger partial charge < -0.3 is 4.74 Å². The highest BCUT2D eigenvalue weighted by molar-refractivity contribution is 5.77. The maximum Gasteiger partial charge on any atom is 0.315 e. The lowest BCUT2D eigenvalue weighted by Gasteiger charge is -2.15. The molecule has 1 aromatic carbocycles. The van der Waals surface area contributed by atoms with Crippen LogP contribution >= 0.6 is 0 Å². The first-order chi connectivity index (χ1) is 8.70. The fraction of sp³-hybridized carbons (Fsp3) is 0.286. The van der Waals surface area contributed by atoms with Crippen molar-refractivity contribution >= 4 is 5.97 Å². The summed E-state index contributed by atoms with van der Waals surface area (Å²) in [7, 11) is 1.41. The number of hydrogen-bond donors (Lipinski definition) is 0. The smallest absolute Gasteiger partial charge is 0.315 e. The van der Waals surface area contributed by atoms with Gasteiger partial charge in [0.25, 0.3) is 0 Å². The average molecular weight is 244 g/mol. The predicted molar refractivity (Wildman–Crippen MR) is 68.2 cm³/mol. The molecule has 2 aromatic rings. The van der Waals surface area contributed by atoms with E-state index in [9.17, 15) is 4.79 Å². The molecular formula is C14H16N2O2. The Morgan fingerprint density at radius 1 is 1.39 bits per heavy atom. The molecule has 0 bridgehead atoms. The molecule has 1 heterocycles. The number of esters is 1. The molecule has 2 rings (SSSR count). The van der Waals surface area contributed by atoms with E-state index in [-0.39, 0.29) is 11.9 Å². The summed E-state index contributed by atoms with van der Waals surface area (Å²) in [5.74, 6) is -0.565. The van der Waals surface area contributed by atoms with Gasteiger partial charge in [-0.05, 0) is 18.1 Å². The number of methoxy groups -OCH3 is 1. The summed E-state index contributed by atoms with van der Waals surface area (Å²) in [4.78, 5) is 11.9. The van der Waals surface area contributed by atoms with Crippen LogP contribution in [0.2, 0.25) is 0 Å². The number of aromatic nitrogens is 2. The number of carbonyl (C=O) groups excluding carboxylic acids is 1. The van der Waals surface area contributed by atoms with Gasteiger partial charge in [-0.1, -0.05) is 30.3 Å². The molecule has 0 aliphatic rings. The number of aryl methyl sites for hydroxylation is 1. The normalized spacial score (nSPS) is 12.1. The standard InChI is InChI=1S/C14H16N2O2/c1-11-8-15-16(9-11)10-13(14(17)18-2)12-6-4-3-5-7-12/h3-9,13H,10H2,1-2H3. The van der Waals surface area contributed by atoms with Crippen LogP contribution in [0.5, 0.6) is 0 Å². The number of benzene rings is 1. The zero-order chi connectivity index (χ0) is 13.0. The molecule has 0 saturated heterocycles. The molecule has 1 aromatic heterocycles. The highest BCUT2D eigenvalue weighted by atomic mass is 16.5. The minimum Gasteiger partial charge on any atom is -0.468 e. The lowest BCUT2D eigenvalue weighted by atomic mass is 9.99. The summed E-state index contributed by atoms with van der Waals surface area (Å²) >= 11 is 0. The number of carbonyl (C=O) groups is 1. The molecule has 0 aliphatic carbocycles. The van der Waals surface area contributed by atoms with Gasteiger partial charge in [-0.3, -0.25) is 9.48 Å². The summed E-state index contributed by atoms with van der Waals surface area (Å²) in [5.41, 5.74) is 2.02. The predicted octanol–water partition coefficient (Wildman–Crippen LogP) is 2.15. The quantitative estimate of drug-likeness (QED) is 0.774. The van der Waals surface area contributed by atoms with Crippen molar-refractivity contribution in [2.24, 2.45) is 0 Å². The summed E-state index contributed by atoms with van der Waals surface area (Å²) in [6.45, 7) is 2.46. The van der Waals surface area contributed by atoms with Gasteiger partial charge in [0.1, 0.15) is 5.92 Å². The highest BCUT2D eigenvalue weighted by Gasteiger charge is 2.22. The molecule has 4 nitrogen and oxygen atoms in total. The third-order valence-corrected chi connectivity index (χ3v) is 2.82. The Labute approximate surface area is 106 Å². The molecule has 0 aliphatic heterocycles. The molecule has 4 heteroatoms. The Kier molecular flexibility index (Phi) is 3.77. The fourth-order valence-electron chi connectivity index (χ4n) is 1.90. The van der Waals surface area contributed by atoms with Crippen LogP contribution in [0.3, 0.4) is 0 Å². The van der Waals surface area contributed by atoms with Crippen LogP contribution in [0.1, 0.15) is 17.0 Å². The van der Waals surface area contributed by atoms with Crippen LogP contribution in [0.15, 0.2) is 42.7 Å². The van der Waals surface area contributed by atoms with Crippen molar-refractivity contribution in [3.05, 3.63) is 53.9 Å². The van der Waals surface area contributed by atoms with E-state index in [1.165, 1.54) is 7.11 Å². The number of nitrogens with zero attached hydrogens (tertiary/aromatic N) is 2. The van der Waals surface area contributed by atoms with Crippen LogP contribution < -0.4 is 0 Å². The van der Waals surface area contributed by atoms with Gasteiger partial charge in [0.15, 0.2) is 0 Å². The van der Waals surface area contributed by atoms with E-state index >= 15 is 0 Å². The van der Waals surface area contributed by atoms with Gasteiger partial charge in [0.2, 0.25) is 0 Å². The first-order valence-corrected chi connectivity index (χ1v) is 5.82. The first-order valence-electron chi connectivity index (χ1n) is 5.82. The van der Waals surface area contributed by atoms with Crippen molar-refractivity contribution in [3.63, 3.8) is 0 Å². The molecule has 0 saturated carbocycles. The minimum atomic E-state index is -0.324. The van der Waals surface area contributed by atoms with E-state index < -0.39 is 0 Å². The van der Waals surface area contributed by atoms with Crippen LogP contribution in [-0.2, 0) is 16.1 Å². The van der Waals surface area contributed by atoms with E-state index in [0.717, 1.165) is 11.1 Å². The lowest BCUT2D eigenvalue weighted by molar-refractivity contribution is -0.142. The van der Waals surface area contributed by atoms with Crippen molar-refractivity contribution in [1.29, 1.82) is 0 Å². The van der Waals surface area contributed by atoms with Crippen LogP contribution in [0.25, 0.3) is 0 Å². The summed E-state index contributed by atoms with van der Waals surface area (Å²) < 4.78 is 6.63. The summed E-state index contributed by atoms with van der Waals surface area (Å²) in [6.07, 6.45) is 3.69. The minimum absolute atomic E-state index is 0.241. The van der Waals surface area contributed by atoms with Crippen LogP contribution in [0.4, 0.5) is 0 Å². The topological polar surface area (TPSA) is 44.1 Å². The Hall–Kier alpha value is -2.10. The zero-order valence-corrected chi connectivity index (χ0v) is 10.5. The largest absolute Gasteiger partial charge is 0.468 e. The number of ether oxygens (including phenoxy) is 1. The Morgan fingerprint density at radius 3 is 2.67 bits per heavy atom. The second-order valence-corrected chi connectivity index (χ2v) is 4.23. The van der Waals surface area contributed by atoms with E-state index in [1.54, 1.807) is 10.9 Å². The molecule has 0 N–H and O–H groups in total. The second kappa shape index (κ2) is 5.49. The van der Waals surface area contributed by atoms with Crippen molar-refractivity contribution in [1.82, 2.24) is 9.78 Å². The molecule has 94 valence electrons. The van der Waals surface area contributed by atoms with Gasteiger partial charge >= 0.3 is 5.97 Å². The Balaban J connectivity index is 2.24. The lowest BCUT2D eigenvalue weighted by Crippen LogP contribution is -2.20. The van der Waals surface area contributed by atoms with Crippen molar-refractivity contribution in [2.45, 2.75) is 19.4 Å². The van der Waals surface area contributed by atoms with E-state index in [2.05, 4.69) is 5.10 Å². The molecule has 0 amide bonds. The third kappa shape index (κ3) is 2.77. The maximum atomic E-state index is 11.9. The van der Waals surface area contributed by atoms with E-state index in [4.69, 9.17) is 4.74 Å². The molecule has 1 unspecified atom stereocenters. The zero-order valence-electron chi connectivity index (χ0n) is 10.5. The second-order valence-electron chi connectivity index (χ2n) is 4.23. The van der Waals surface area contributed by atoms with E-state index in [0.29, 0.717) is 6.54 Å². The summed E-state index contributed by atoms with van der Waals surface area (Å²) in [6, 6.07) is 9.62. The van der Waals surface area contributed by atoms with Gasteiger partial charge in [-0.2, -0.15) is 5.10 Å². The average Bonchev–Trinajstić information content (AvgIpc) is 2.82. The first kappa shape index (κ1) is 12.4. The van der Waals surface area contributed by atoms with Crippen molar-refractivity contribution in [3.8, 4) is 0 Å². The van der Waals surface area contributed by atoms with Crippen LogP contribution in [0, 0.1) is 6.92 Å². The number of rotatable bonds is 4. The Morgan fingerprint density at radius 2 is 2.11 bits per heavy atom. The van der Waals surface area contributed by atoms with Crippen molar-refractivity contribution < 1.29 is 9.53 Å². The Bertz CT molecular complexity index is 520. The van der Waals surface area contributed by atoms with Gasteiger partial charge in [-0.15, -0.1) is 0 Å². The van der Waals surface area contributed by atoms with Crippen LogP contribution in [-0.4, -0.2) is 22.9 Å². The monoisotopic (exact) mass is 244 g/mol. The molecule has 0 fully saturated rings. The van der Waals surface area contributed by atoms with E-state index in [1.807, 2.05) is 43.5 Å². The van der Waals surface area contributed by atoms with Crippen molar-refractivity contribution in [2.75, 3.05) is 7.11 Å². The SMILES string of the molecule is COC(=O)C(Cn1cc(C)cn1)c1ccccc1. The molecule has 18 heavy (non-hydrogen) atoms. The van der Waals surface area contributed by atoms with Gasteiger partial charge in [0, 0.05) is 6.20 Å². The van der Waals surface area contributed by atoms with Gasteiger partial charge in [0.05, 0.1) is 19.9 Å².